The fraction of sp³-hybridized carbons (Fsp3) is 0.130. The molecule has 6 heteroatoms. The maximum Gasteiger partial charge on any atom is 0.329 e. The molecule has 0 aliphatic carbocycles. The lowest BCUT2D eigenvalue weighted by Gasteiger charge is -2.06. The van der Waals surface area contributed by atoms with Gasteiger partial charge in [-0.3, -0.25) is 14.3 Å². The number of nitrogens with zero attached hydrogens (tertiary/aromatic N) is 1. The van der Waals surface area contributed by atoms with E-state index in [1.165, 1.54) is 9.44 Å². The van der Waals surface area contributed by atoms with Crippen LogP contribution < -0.4 is 11.2 Å². The van der Waals surface area contributed by atoms with Crippen molar-refractivity contribution in [3.05, 3.63) is 79.1 Å². The van der Waals surface area contributed by atoms with Crippen LogP contribution in [0.25, 0.3) is 44.2 Å². The Morgan fingerprint density at radius 3 is 2.41 bits per heavy atom. The van der Waals surface area contributed by atoms with Crippen LogP contribution in [0.3, 0.4) is 0 Å². The van der Waals surface area contributed by atoms with E-state index >= 15 is 0 Å². The maximum atomic E-state index is 12.8. The summed E-state index contributed by atoms with van der Waals surface area (Å²) in [6.45, 7) is 4.12. The van der Waals surface area contributed by atoms with Crippen molar-refractivity contribution in [2.45, 2.75) is 13.8 Å². The van der Waals surface area contributed by atoms with Crippen LogP contribution in [0.2, 0.25) is 0 Å². The summed E-state index contributed by atoms with van der Waals surface area (Å²) in [5, 5.41) is 2.79. The number of hydrogen-bond donors (Lipinski definition) is 2. The highest BCUT2D eigenvalue weighted by molar-refractivity contribution is 7.12. The van der Waals surface area contributed by atoms with E-state index in [2.05, 4.69) is 60.2 Å². The predicted octanol–water partition coefficient (Wildman–Crippen LogP) is 4.72. The summed E-state index contributed by atoms with van der Waals surface area (Å²) < 4.78 is 1.46. The second kappa shape index (κ2) is 6.32. The molecule has 29 heavy (non-hydrogen) atoms. The van der Waals surface area contributed by atoms with E-state index in [-0.39, 0.29) is 5.56 Å². The number of nitrogens with one attached hydrogen (secondary N) is 2. The molecule has 0 atom stereocenters. The SMILES string of the molecule is Cc1cc(-c2c(-c3ccc4ccccc4c3)[nH]c3c2c(=O)[nH]c(=O)n3C)c(C)s1. The topological polar surface area (TPSA) is 70.7 Å². The van der Waals surface area contributed by atoms with Crippen molar-refractivity contribution in [3.63, 3.8) is 0 Å². The van der Waals surface area contributed by atoms with Gasteiger partial charge in [0.25, 0.3) is 5.56 Å². The molecule has 0 spiro atoms. The molecule has 0 fully saturated rings. The van der Waals surface area contributed by atoms with Gasteiger partial charge in [-0.05, 0) is 47.9 Å². The first-order valence-corrected chi connectivity index (χ1v) is 10.2. The van der Waals surface area contributed by atoms with Gasteiger partial charge in [0.05, 0.1) is 11.1 Å². The summed E-state index contributed by atoms with van der Waals surface area (Å²) in [7, 11) is 1.66. The average molecular weight is 401 g/mol. The molecule has 2 N–H and O–H groups in total. The Morgan fingerprint density at radius 2 is 1.69 bits per heavy atom. The Balaban J connectivity index is 1.94. The van der Waals surface area contributed by atoms with Crippen LogP contribution in [-0.2, 0) is 7.05 Å². The fourth-order valence-electron chi connectivity index (χ4n) is 4.01. The van der Waals surface area contributed by atoms with Crippen molar-refractivity contribution in [1.82, 2.24) is 14.5 Å². The van der Waals surface area contributed by atoms with E-state index in [1.54, 1.807) is 18.4 Å². The van der Waals surface area contributed by atoms with Crippen molar-refractivity contribution in [1.29, 1.82) is 0 Å². The summed E-state index contributed by atoms with van der Waals surface area (Å²) >= 11 is 1.70. The molecule has 5 rings (SSSR count). The third-order valence-electron chi connectivity index (χ3n) is 5.42. The molecule has 0 amide bonds. The standard InChI is InChI=1S/C23H19N3O2S/c1-12-10-17(13(2)29-12)18-19-21(26(3)23(28)25-22(19)27)24-20(18)16-9-8-14-6-4-5-7-15(14)11-16/h4-11,24H,1-3H3,(H,25,27,28). The summed E-state index contributed by atoms with van der Waals surface area (Å²) in [6.07, 6.45) is 0. The van der Waals surface area contributed by atoms with Crippen LogP contribution >= 0.6 is 11.3 Å². The lowest BCUT2D eigenvalue weighted by atomic mass is 9.98. The van der Waals surface area contributed by atoms with Crippen molar-refractivity contribution < 1.29 is 0 Å². The van der Waals surface area contributed by atoms with Crippen LogP contribution in [0.5, 0.6) is 0 Å². The predicted molar refractivity (Wildman–Crippen MR) is 120 cm³/mol. The zero-order chi connectivity index (χ0) is 20.3. The Morgan fingerprint density at radius 1 is 0.931 bits per heavy atom. The smallest absolute Gasteiger partial charge is 0.329 e. The molecule has 0 unspecified atom stereocenters. The molecule has 5 nitrogen and oxygen atoms in total. The molecular formula is C23H19N3O2S. The molecule has 0 saturated heterocycles. The molecule has 5 aromatic rings. The minimum Gasteiger partial charge on any atom is -0.340 e. The van der Waals surface area contributed by atoms with E-state index in [4.69, 9.17) is 0 Å². The van der Waals surface area contributed by atoms with E-state index in [0.29, 0.717) is 11.0 Å². The van der Waals surface area contributed by atoms with Gasteiger partial charge in [-0.2, -0.15) is 0 Å². The van der Waals surface area contributed by atoms with E-state index in [0.717, 1.165) is 38.0 Å². The Kier molecular flexibility index (Phi) is 3.86. The second-order valence-corrected chi connectivity index (χ2v) is 8.77. The molecule has 2 aromatic carbocycles. The zero-order valence-electron chi connectivity index (χ0n) is 16.3. The Hall–Kier alpha value is -3.38. The lowest BCUT2D eigenvalue weighted by Crippen LogP contribution is -2.28. The first-order valence-electron chi connectivity index (χ1n) is 9.35. The largest absolute Gasteiger partial charge is 0.340 e. The summed E-state index contributed by atoms with van der Waals surface area (Å²) in [5.41, 5.74) is 3.41. The van der Waals surface area contributed by atoms with Crippen LogP contribution in [0.4, 0.5) is 0 Å². The number of aryl methyl sites for hydroxylation is 3. The highest BCUT2D eigenvalue weighted by Gasteiger charge is 2.22. The Labute approximate surface area is 170 Å². The number of fused-ring (bicyclic) bond motifs is 2. The van der Waals surface area contributed by atoms with E-state index in [9.17, 15) is 9.59 Å². The number of H-pyrrole nitrogens is 2. The first kappa shape index (κ1) is 17.7. The molecule has 0 aliphatic rings. The van der Waals surface area contributed by atoms with Gasteiger partial charge < -0.3 is 4.98 Å². The molecular weight excluding hydrogens is 382 g/mol. The lowest BCUT2D eigenvalue weighted by molar-refractivity contribution is 0.833. The number of aromatic amines is 2. The minimum atomic E-state index is -0.432. The van der Waals surface area contributed by atoms with Gasteiger partial charge in [0.15, 0.2) is 0 Å². The highest BCUT2D eigenvalue weighted by Crippen LogP contribution is 2.41. The summed E-state index contributed by atoms with van der Waals surface area (Å²) in [4.78, 5) is 33.2. The van der Waals surface area contributed by atoms with Crippen LogP contribution in [0.15, 0.2) is 58.1 Å². The van der Waals surface area contributed by atoms with Gasteiger partial charge in [0.2, 0.25) is 0 Å². The number of aromatic nitrogens is 3. The van der Waals surface area contributed by atoms with Gasteiger partial charge in [-0.15, -0.1) is 11.3 Å². The fourth-order valence-corrected chi connectivity index (χ4v) is 4.94. The van der Waals surface area contributed by atoms with Gasteiger partial charge in [0, 0.05) is 22.4 Å². The maximum absolute atomic E-state index is 12.8. The van der Waals surface area contributed by atoms with E-state index < -0.39 is 5.69 Å². The molecule has 0 bridgehead atoms. The normalized spacial score (nSPS) is 11.6. The van der Waals surface area contributed by atoms with Crippen molar-refractivity contribution in [2.24, 2.45) is 7.05 Å². The van der Waals surface area contributed by atoms with Gasteiger partial charge in [-0.25, -0.2) is 4.79 Å². The molecule has 0 aliphatic heterocycles. The molecule has 3 heterocycles. The number of rotatable bonds is 2. The second-order valence-electron chi connectivity index (χ2n) is 7.31. The molecule has 0 saturated carbocycles. The van der Waals surface area contributed by atoms with Crippen LogP contribution in [0, 0.1) is 13.8 Å². The number of thiophene rings is 1. The highest BCUT2D eigenvalue weighted by atomic mass is 32.1. The first-order chi connectivity index (χ1) is 13.9. The van der Waals surface area contributed by atoms with Gasteiger partial charge >= 0.3 is 5.69 Å². The molecule has 144 valence electrons. The zero-order valence-corrected chi connectivity index (χ0v) is 17.1. The molecule has 0 radical (unpaired) electrons. The average Bonchev–Trinajstić information content (AvgIpc) is 3.25. The van der Waals surface area contributed by atoms with Crippen molar-refractivity contribution in [2.75, 3.05) is 0 Å². The minimum absolute atomic E-state index is 0.371. The quantitative estimate of drug-likeness (QED) is 0.449. The molecule has 3 aromatic heterocycles. The Bertz CT molecular complexity index is 1530. The van der Waals surface area contributed by atoms with E-state index in [1.807, 2.05) is 12.1 Å². The number of hydrogen-bond acceptors (Lipinski definition) is 3. The van der Waals surface area contributed by atoms with Crippen LogP contribution in [0.1, 0.15) is 9.75 Å². The van der Waals surface area contributed by atoms with Gasteiger partial charge in [0.1, 0.15) is 5.65 Å². The third-order valence-corrected chi connectivity index (χ3v) is 6.38. The summed E-state index contributed by atoms with van der Waals surface area (Å²) in [6, 6.07) is 16.5. The van der Waals surface area contributed by atoms with Crippen molar-refractivity contribution >= 4 is 33.1 Å². The van der Waals surface area contributed by atoms with Crippen molar-refractivity contribution in [3.8, 4) is 22.4 Å². The monoisotopic (exact) mass is 401 g/mol. The van der Waals surface area contributed by atoms with Crippen LogP contribution in [-0.4, -0.2) is 14.5 Å². The third kappa shape index (κ3) is 2.68. The van der Waals surface area contributed by atoms with Gasteiger partial charge in [-0.1, -0.05) is 36.4 Å². The number of benzene rings is 2. The summed E-state index contributed by atoms with van der Waals surface area (Å²) in [5.74, 6) is 0.